The molecule has 1 aliphatic rings. The first-order chi connectivity index (χ1) is 10.9. The summed E-state index contributed by atoms with van der Waals surface area (Å²) in [5, 5.41) is 11.9. The molecule has 1 aromatic carbocycles. The monoisotopic (exact) mass is 320 g/mol. The zero-order valence-corrected chi connectivity index (χ0v) is 13.2. The zero-order chi connectivity index (χ0) is 17.0. The van der Waals surface area contributed by atoms with Crippen molar-refractivity contribution >= 4 is 17.8 Å². The number of piperidine rings is 1. The Labute approximate surface area is 134 Å². The van der Waals surface area contributed by atoms with E-state index in [0.717, 1.165) is 0 Å². The average Bonchev–Trinajstić information content (AvgIpc) is 2.54. The van der Waals surface area contributed by atoms with E-state index in [1.54, 1.807) is 24.1 Å². The molecule has 1 saturated heterocycles. The number of hydrogen-bond donors (Lipinski definition) is 2. The number of hydrogen-bond acceptors (Lipinski definition) is 4. The van der Waals surface area contributed by atoms with Gasteiger partial charge in [0, 0.05) is 32.5 Å². The van der Waals surface area contributed by atoms with Crippen molar-refractivity contribution in [2.45, 2.75) is 19.4 Å². The first kappa shape index (κ1) is 16.8. The normalized spacial score (nSPS) is 17.7. The molecule has 1 aliphatic heterocycles. The van der Waals surface area contributed by atoms with Gasteiger partial charge in [0.2, 0.25) is 11.8 Å². The van der Waals surface area contributed by atoms with Crippen molar-refractivity contribution in [1.82, 2.24) is 10.2 Å². The van der Waals surface area contributed by atoms with Crippen molar-refractivity contribution in [3.63, 3.8) is 0 Å². The van der Waals surface area contributed by atoms with E-state index in [1.165, 1.54) is 13.2 Å². The van der Waals surface area contributed by atoms with Gasteiger partial charge in [-0.15, -0.1) is 0 Å². The summed E-state index contributed by atoms with van der Waals surface area (Å²) < 4.78 is 4.99. The highest BCUT2D eigenvalue weighted by atomic mass is 16.5. The molecule has 1 fully saturated rings. The number of nitrogens with one attached hydrogen (secondary N) is 1. The maximum absolute atomic E-state index is 12.1. The predicted octanol–water partition coefficient (Wildman–Crippen LogP) is 0.878. The van der Waals surface area contributed by atoms with Gasteiger partial charge in [-0.25, -0.2) is 4.79 Å². The number of benzene rings is 1. The number of methoxy groups -OCH3 is 1. The highest BCUT2D eigenvalue weighted by molar-refractivity contribution is 5.91. The van der Waals surface area contributed by atoms with Gasteiger partial charge in [0.15, 0.2) is 0 Å². The number of ether oxygens (including phenoxy) is 1. The highest BCUT2D eigenvalue weighted by Crippen LogP contribution is 2.21. The fourth-order valence-corrected chi connectivity index (χ4v) is 2.53. The lowest BCUT2D eigenvalue weighted by molar-refractivity contribution is -0.139. The Balaban J connectivity index is 1.98. The maximum Gasteiger partial charge on any atom is 0.339 e. The molecule has 1 atom stereocenters. The molecule has 0 aliphatic carbocycles. The quantitative estimate of drug-likeness (QED) is 0.839. The van der Waals surface area contributed by atoms with E-state index in [-0.39, 0.29) is 42.0 Å². The van der Waals surface area contributed by atoms with E-state index in [2.05, 4.69) is 5.32 Å². The molecule has 0 radical (unpaired) electrons. The summed E-state index contributed by atoms with van der Waals surface area (Å²) in [4.78, 5) is 36.6. The Hall–Kier alpha value is -2.57. The van der Waals surface area contributed by atoms with Crippen LogP contribution in [0.5, 0.6) is 5.75 Å². The third-order valence-corrected chi connectivity index (χ3v) is 3.99. The van der Waals surface area contributed by atoms with Gasteiger partial charge in [-0.3, -0.25) is 9.59 Å². The van der Waals surface area contributed by atoms with Gasteiger partial charge < -0.3 is 20.1 Å². The first-order valence-corrected chi connectivity index (χ1v) is 7.34. The molecule has 2 rings (SSSR count). The minimum Gasteiger partial charge on any atom is -0.496 e. The van der Waals surface area contributed by atoms with Crippen molar-refractivity contribution in [3.8, 4) is 5.75 Å². The minimum absolute atomic E-state index is 0.0333. The van der Waals surface area contributed by atoms with Crippen molar-refractivity contribution < 1.29 is 24.2 Å². The summed E-state index contributed by atoms with van der Waals surface area (Å²) in [6, 6.07) is 4.73. The Morgan fingerprint density at radius 2 is 2.17 bits per heavy atom. The summed E-state index contributed by atoms with van der Waals surface area (Å²) in [5.41, 5.74) is 0.713. The average molecular weight is 320 g/mol. The first-order valence-electron chi connectivity index (χ1n) is 7.34. The Morgan fingerprint density at radius 1 is 1.43 bits per heavy atom. The van der Waals surface area contributed by atoms with Gasteiger partial charge in [0.05, 0.1) is 7.11 Å². The van der Waals surface area contributed by atoms with Crippen molar-refractivity contribution in [2.24, 2.45) is 5.92 Å². The van der Waals surface area contributed by atoms with Gasteiger partial charge in [0.25, 0.3) is 0 Å². The van der Waals surface area contributed by atoms with Crippen molar-refractivity contribution in [2.75, 3.05) is 20.7 Å². The molecule has 7 nitrogen and oxygen atoms in total. The molecule has 1 aromatic rings. The van der Waals surface area contributed by atoms with E-state index in [4.69, 9.17) is 9.84 Å². The molecule has 124 valence electrons. The molecule has 1 unspecified atom stereocenters. The lowest BCUT2D eigenvalue weighted by Crippen LogP contribution is -2.41. The van der Waals surface area contributed by atoms with Crippen molar-refractivity contribution in [1.29, 1.82) is 0 Å². The number of carboxylic acid groups (broad SMARTS) is 1. The van der Waals surface area contributed by atoms with Gasteiger partial charge in [0.1, 0.15) is 11.3 Å². The third kappa shape index (κ3) is 4.00. The van der Waals surface area contributed by atoms with Gasteiger partial charge >= 0.3 is 5.97 Å². The number of carbonyl (C=O) groups is 3. The second-order valence-corrected chi connectivity index (χ2v) is 5.56. The molecule has 1 heterocycles. The van der Waals surface area contributed by atoms with Crippen LogP contribution in [0, 0.1) is 5.92 Å². The largest absolute Gasteiger partial charge is 0.496 e. The molecule has 23 heavy (non-hydrogen) atoms. The van der Waals surface area contributed by atoms with Crippen LogP contribution in [-0.4, -0.2) is 48.5 Å². The van der Waals surface area contributed by atoms with Gasteiger partial charge in [-0.2, -0.15) is 0 Å². The fraction of sp³-hybridized carbons (Fsp3) is 0.438. The Bertz CT molecular complexity index is 629. The molecule has 0 aromatic heterocycles. The minimum atomic E-state index is -1.09. The van der Waals surface area contributed by atoms with Gasteiger partial charge in [-0.1, -0.05) is 6.07 Å². The maximum atomic E-state index is 12.1. The topological polar surface area (TPSA) is 95.9 Å². The predicted molar refractivity (Wildman–Crippen MR) is 82.2 cm³/mol. The van der Waals surface area contributed by atoms with E-state index >= 15 is 0 Å². The SMILES string of the molecule is COc1ccc(CNC(=O)C2CCN(C)C(=O)C2)cc1C(=O)O. The van der Waals surface area contributed by atoms with Crippen LogP contribution >= 0.6 is 0 Å². The van der Waals surface area contributed by atoms with Gasteiger partial charge in [-0.05, 0) is 24.1 Å². The lowest BCUT2D eigenvalue weighted by atomic mass is 9.95. The summed E-state index contributed by atoms with van der Waals surface area (Å²) in [6.07, 6.45) is 0.850. The molecular formula is C16H20N2O5. The van der Waals surface area contributed by atoms with E-state index in [0.29, 0.717) is 18.5 Å². The number of rotatable bonds is 5. The van der Waals surface area contributed by atoms with Crippen LogP contribution < -0.4 is 10.1 Å². The van der Waals surface area contributed by atoms with Crippen LogP contribution in [-0.2, 0) is 16.1 Å². The van der Waals surface area contributed by atoms with E-state index in [9.17, 15) is 14.4 Å². The zero-order valence-electron chi connectivity index (χ0n) is 13.2. The fourth-order valence-electron chi connectivity index (χ4n) is 2.53. The molecule has 0 saturated carbocycles. The van der Waals surface area contributed by atoms with Crippen LogP contribution in [0.2, 0.25) is 0 Å². The standard InChI is InChI=1S/C16H20N2O5/c1-18-6-5-11(8-14(18)19)15(20)17-9-10-3-4-13(23-2)12(7-10)16(21)22/h3-4,7,11H,5-6,8-9H2,1-2H3,(H,17,20)(H,21,22). The summed E-state index contributed by atoms with van der Waals surface area (Å²) >= 11 is 0. The second-order valence-electron chi connectivity index (χ2n) is 5.56. The summed E-state index contributed by atoms with van der Waals surface area (Å²) in [6.45, 7) is 0.784. The number of carbonyl (C=O) groups excluding carboxylic acids is 2. The van der Waals surface area contributed by atoms with E-state index in [1.807, 2.05) is 0 Å². The number of nitrogens with zero attached hydrogens (tertiary/aromatic N) is 1. The summed E-state index contributed by atoms with van der Waals surface area (Å²) in [7, 11) is 3.13. The smallest absolute Gasteiger partial charge is 0.339 e. The van der Waals surface area contributed by atoms with Crippen LogP contribution in [0.1, 0.15) is 28.8 Å². The molecule has 0 spiro atoms. The molecule has 2 amide bonds. The molecule has 2 N–H and O–H groups in total. The molecular weight excluding hydrogens is 300 g/mol. The number of aromatic carboxylic acids is 1. The number of amides is 2. The molecule has 7 heteroatoms. The highest BCUT2D eigenvalue weighted by Gasteiger charge is 2.28. The van der Waals surface area contributed by atoms with Crippen molar-refractivity contribution in [3.05, 3.63) is 29.3 Å². The second kappa shape index (κ2) is 7.13. The van der Waals surface area contributed by atoms with Crippen LogP contribution in [0.15, 0.2) is 18.2 Å². The van der Waals surface area contributed by atoms with Crippen LogP contribution in [0.3, 0.4) is 0 Å². The van der Waals surface area contributed by atoms with Crippen LogP contribution in [0.25, 0.3) is 0 Å². The van der Waals surface area contributed by atoms with Crippen LogP contribution in [0.4, 0.5) is 0 Å². The lowest BCUT2D eigenvalue weighted by Gasteiger charge is -2.27. The summed E-state index contributed by atoms with van der Waals surface area (Å²) in [5.74, 6) is -1.35. The van der Waals surface area contributed by atoms with E-state index < -0.39 is 5.97 Å². The Kier molecular flexibility index (Phi) is 5.20. The number of carboxylic acids is 1. The third-order valence-electron chi connectivity index (χ3n) is 3.99. The Morgan fingerprint density at radius 3 is 2.78 bits per heavy atom. The molecule has 0 bridgehead atoms. The number of likely N-dealkylation sites (tertiary alicyclic amines) is 1.